The summed E-state index contributed by atoms with van der Waals surface area (Å²) in [6.45, 7) is 2.86. The summed E-state index contributed by atoms with van der Waals surface area (Å²) in [5, 5.41) is 13.5. The average molecular weight is 426 g/mol. The third kappa shape index (κ3) is 4.93. The molecule has 1 fully saturated rings. The van der Waals surface area contributed by atoms with E-state index in [-0.39, 0.29) is 5.91 Å². The van der Waals surface area contributed by atoms with Crippen LogP contribution in [-0.4, -0.2) is 40.0 Å². The molecule has 1 atom stereocenters. The molecule has 0 unspecified atom stereocenters. The molecule has 2 aromatic rings. The number of nitrogens with zero attached hydrogens (tertiary/aromatic N) is 4. The van der Waals surface area contributed by atoms with Gasteiger partial charge in [-0.05, 0) is 56.6 Å². The Balaban J connectivity index is 1.30. The van der Waals surface area contributed by atoms with Gasteiger partial charge in [0.15, 0.2) is 0 Å². The molecule has 1 amide bonds. The van der Waals surface area contributed by atoms with Crippen molar-refractivity contribution in [1.29, 1.82) is 5.26 Å². The maximum absolute atomic E-state index is 12.6. The van der Waals surface area contributed by atoms with Gasteiger partial charge < -0.3 is 14.8 Å². The van der Waals surface area contributed by atoms with Crippen molar-refractivity contribution in [2.45, 2.75) is 57.8 Å². The second kappa shape index (κ2) is 9.76. The van der Waals surface area contributed by atoms with E-state index in [2.05, 4.69) is 25.8 Å². The van der Waals surface area contributed by atoms with Gasteiger partial charge in [-0.2, -0.15) is 5.26 Å². The second-order valence-corrected chi connectivity index (χ2v) is 9.75. The molecule has 1 saturated heterocycles. The number of aryl methyl sites for hydroxylation is 2. The largest absolute Gasteiger partial charge is 0.338 e. The van der Waals surface area contributed by atoms with E-state index >= 15 is 0 Å². The number of rotatable bonds is 6. The number of piperidine rings is 1. The smallest absolute Gasteiger partial charge is 0.226 e. The molecule has 1 aliphatic heterocycles. The van der Waals surface area contributed by atoms with Gasteiger partial charge in [0.2, 0.25) is 5.91 Å². The first kappa shape index (κ1) is 21.1. The highest BCUT2D eigenvalue weighted by molar-refractivity contribution is 7.16. The third-order valence-electron chi connectivity index (χ3n) is 6.44. The summed E-state index contributed by atoms with van der Waals surface area (Å²) < 4.78 is 2.10. The molecule has 4 rings (SSSR count). The number of carbonyl (C=O) groups excluding carboxylic acids is 1. The predicted molar refractivity (Wildman–Crippen MR) is 120 cm³/mol. The summed E-state index contributed by atoms with van der Waals surface area (Å²) in [6, 6.07) is 2.35. The average Bonchev–Trinajstić information content (AvgIpc) is 3.20. The summed E-state index contributed by atoms with van der Waals surface area (Å²) in [7, 11) is 2.05. The lowest BCUT2D eigenvalue weighted by molar-refractivity contribution is -0.116. The SMILES string of the molecule is Cn1ccnc1C[C@H]1CCCN(CCC(=O)Nc2sc3c(c2C#N)CCCCC3)C1. The molecule has 0 aromatic carbocycles. The number of hydrogen-bond acceptors (Lipinski definition) is 5. The molecular formula is C23H31N5OS. The van der Waals surface area contributed by atoms with E-state index < -0.39 is 0 Å². The van der Waals surface area contributed by atoms with Crippen LogP contribution >= 0.6 is 11.3 Å². The number of hydrogen-bond donors (Lipinski definition) is 1. The third-order valence-corrected chi connectivity index (χ3v) is 7.64. The number of fused-ring (bicyclic) bond motifs is 1. The van der Waals surface area contributed by atoms with Gasteiger partial charge in [0.05, 0.1) is 5.56 Å². The Labute approximate surface area is 182 Å². The van der Waals surface area contributed by atoms with Crippen LogP contribution in [0.15, 0.2) is 12.4 Å². The first-order valence-electron chi connectivity index (χ1n) is 11.2. The Bertz CT molecular complexity index is 925. The number of anilines is 1. The van der Waals surface area contributed by atoms with Crippen LogP contribution in [0.3, 0.4) is 0 Å². The lowest BCUT2D eigenvalue weighted by Gasteiger charge is -2.32. The zero-order valence-electron chi connectivity index (χ0n) is 17.8. The van der Waals surface area contributed by atoms with Crippen LogP contribution in [-0.2, 0) is 31.1 Å². The van der Waals surface area contributed by atoms with E-state index in [1.54, 1.807) is 11.3 Å². The second-order valence-electron chi connectivity index (χ2n) is 8.65. The predicted octanol–water partition coefficient (Wildman–Crippen LogP) is 3.91. The van der Waals surface area contributed by atoms with E-state index in [1.807, 2.05) is 19.4 Å². The van der Waals surface area contributed by atoms with Crippen LogP contribution in [0.5, 0.6) is 0 Å². The number of likely N-dealkylation sites (tertiary alicyclic amines) is 1. The minimum absolute atomic E-state index is 0.0223. The molecule has 2 aliphatic rings. The van der Waals surface area contributed by atoms with E-state index in [1.165, 1.54) is 36.1 Å². The van der Waals surface area contributed by atoms with Crippen molar-refractivity contribution in [2.24, 2.45) is 13.0 Å². The molecule has 3 heterocycles. The minimum atomic E-state index is 0.0223. The fourth-order valence-electron chi connectivity index (χ4n) is 4.77. The lowest BCUT2D eigenvalue weighted by Crippen LogP contribution is -2.38. The Kier molecular flexibility index (Phi) is 6.86. The minimum Gasteiger partial charge on any atom is -0.338 e. The Morgan fingerprint density at radius 1 is 1.33 bits per heavy atom. The fourth-order valence-corrected chi connectivity index (χ4v) is 6.03. The summed E-state index contributed by atoms with van der Waals surface area (Å²) >= 11 is 1.62. The van der Waals surface area contributed by atoms with Crippen LogP contribution in [0.2, 0.25) is 0 Å². The molecular weight excluding hydrogens is 394 g/mol. The topological polar surface area (TPSA) is 74.0 Å². The molecule has 0 spiro atoms. The van der Waals surface area contributed by atoms with E-state index in [0.717, 1.165) is 56.1 Å². The van der Waals surface area contributed by atoms with Crippen LogP contribution in [0.25, 0.3) is 0 Å². The van der Waals surface area contributed by atoms with Crippen molar-refractivity contribution >= 4 is 22.2 Å². The maximum Gasteiger partial charge on any atom is 0.226 e. The van der Waals surface area contributed by atoms with Crippen molar-refractivity contribution in [1.82, 2.24) is 14.5 Å². The summed E-state index contributed by atoms with van der Waals surface area (Å²) in [5.41, 5.74) is 1.89. The standard InChI is InChI=1S/C23H31N5OS/c1-27-13-10-25-21(27)14-17-6-5-11-28(16-17)12-9-22(29)26-23-19(15-24)18-7-3-2-4-8-20(18)30-23/h10,13,17H,2-9,11-12,14,16H2,1H3,(H,26,29)/t17-/m1/s1. The van der Waals surface area contributed by atoms with Gasteiger partial charge in [0.1, 0.15) is 16.9 Å². The van der Waals surface area contributed by atoms with Crippen LogP contribution in [0, 0.1) is 17.2 Å². The van der Waals surface area contributed by atoms with E-state index in [4.69, 9.17) is 0 Å². The monoisotopic (exact) mass is 425 g/mol. The first-order valence-corrected chi connectivity index (χ1v) is 12.0. The Morgan fingerprint density at radius 2 is 2.20 bits per heavy atom. The van der Waals surface area contributed by atoms with Crippen molar-refractivity contribution in [2.75, 3.05) is 25.0 Å². The van der Waals surface area contributed by atoms with Gasteiger partial charge in [-0.3, -0.25) is 4.79 Å². The number of carbonyl (C=O) groups is 1. The number of amides is 1. The van der Waals surface area contributed by atoms with E-state index in [9.17, 15) is 10.1 Å². The molecule has 0 radical (unpaired) electrons. The molecule has 7 heteroatoms. The number of aromatic nitrogens is 2. The molecule has 2 aromatic heterocycles. The van der Waals surface area contributed by atoms with E-state index in [0.29, 0.717) is 17.9 Å². The lowest BCUT2D eigenvalue weighted by atomic mass is 9.94. The zero-order chi connectivity index (χ0) is 20.9. The van der Waals surface area contributed by atoms with Gasteiger partial charge in [-0.1, -0.05) is 6.42 Å². The number of thiophene rings is 1. The van der Waals surface area contributed by atoms with Crippen molar-refractivity contribution in [3.05, 3.63) is 34.2 Å². The molecule has 0 bridgehead atoms. The highest BCUT2D eigenvalue weighted by Crippen LogP contribution is 2.37. The van der Waals surface area contributed by atoms with Gasteiger partial charge >= 0.3 is 0 Å². The molecule has 160 valence electrons. The van der Waals surface area contributed by atoms with Gasteiger partial charge in [-0.15, -0.1) is 11.3 Å². The normalized spacial score (nSPS) is 19.7. The number of imidazole rings is 1. The van der Waals surface area contributed by atoms with Crippen molar-refractivity contribution in [3.63, 3.8) is 0 Å². The van der Waals surface area contributed by atoms with Crippen molar-refractivity contribution in [3.8, 4) is 6.07 Å². The summed E-state index contributed by atoms with van der Waals surface area (Å²) in [4.78, 5) is 20.8. The molecule has 0 saturated carbocycles. The zero-order valence-corrected chi connectivity index (χ0v) is 18.6. The number of nitriles is 1. The highest BCUT2D eigenvalue weighted by Gasteiger charge is 2.23. The van der Waals surface area contributed by atoms with Gasteiger partial charge in [0, 0.05) is 50.2 Å². The van der Waals surface area contributed by atoms with Crippen LogP contribution in [0.4, 0.5) is 5.00 Å². The van der Waals surface area contributed by atoms with Crippen LogP contribution < -0.4 is 5.32 Å². The maximum atomic E-state index is 12.6. The summed E-state index contributed by atoms with van der Waals surface area (Å²) in [6.07, 6.45) is 13.3. The number of nitrogens with one attached hydrogen (secondary N) is 1. The first-order chi connectivity index (χ1) is 14.6. The fraction of sp³-hybridized carbons (Fsp3) is 0.609. The molecule has 1 N–H and O–H groups in total. The Hall–Kier alpha value is -2.17. The molecule has 30 heavy (non-hydrogen) atoms. The molecule has 6 nitrogen and oxygen atoms in total. The van der Waals surface area contributed by atoms with Crippen LogP contribution in [0.1, 0.15) is 60.4 Å². The Morgan fingerprint density at radius 3 is 3.00 bits per heavy atom. The highest BCUT2D eigenvalue weighted by atomic mass is 32.1. The summed E-state index contributed by atoms with van der Waals surface area (Å²) in [5.74, 6) is 1.76. The van der Waals surface area contributed by atoms with Gasteiger partial charge in [0.25, 0.3) is 0 Å². The quantitative estimate of drug-likeness (QED) is 0.712. The molecule has 1 aliphatic carbocycles. The van der Waals surface area contributed by atoms with Gasteiger partial charge in [-0.25, -0.2) is 4.98 Å². The van der Waals surface area contributed by atoms with Crippen molar-refractivity contribution < 1.29 is 4.79 Å².